The average molecular weight is 515 g/mol. The molecule has 0 aliphatic heterocycles. The van der Waals surface area contributed by atoms with E-state index in [2.05, 4.69) is 31.2 Å². The van der Waals surface area contributed by atoms with Gasteiger partial charge in [0.05, 0.1) is 5.60 Å². The van der Waals surface area contributed by atoms with Crippen LogP contribution in [0.4, 0.5) is 0 Å². The van der Waals surface area contributed by atoms with Crippen LogP contribution in [0.2, 0.25) is 0 Å². The van der Waals surface area contributed by atoms with Crippen LogP contribution in [0, 0.1) is 0 Å². The summed E-state index contributed by atoms with van der Waals surface area (Å²) in [6.45, 7) is 2.28. The van der Waals surface area contributed by atoms with Crippen LogP contribution in [0.3, 0.4) is 0 Å². The van der Waals surface area contributed by atoms with Crippen molar-refractivity contribution in [3.63, 3.8) is 0 Å². The standard InChI is InChI=1S/C32H51O3P/c1-2-3-4-5-6-7-8-9-10-11-12-13-14-15-22-27-32(35-36(33)34,28-30-23-18-16-19-24-30)29-31-25-20-17-21-26-31/h16-21,23-26,33-34H,2-15,22,27-29H2,1H3. The third-order valence-electron chi connectivity index (χ3n) is 7.25. The van der Waals surface area contributed by atoms with E-state index in [-0.39, 0.29) is 0 Å². The van der Waals surface area contributed by atoms with Crippen molar-refractivity contribution in [1.29, 1.82) is 0 Å². The zero-order valence-corrected chi connectivity index (χ0v) is 23.6. The molecule has 3 nitrogen and oxygen atoms in total. The molecule has 0 amide bonds. The Balaban J connectivity index is 1.71. The second kappa shape index (κ2) is 19.8. The second-order valence-corrected chi connectivity index (χ2v) is 11.2. The maximum atomic E-state index is 9.87. The summed E-state index contributed by atoms with van der Waals surface area (Å²) in [6, 6.07) is 20.6. The Bertz CT molecular complexity index is 709. The highest BCUT2D eigenvalue weighted by Crippen LogP contribution is 2.40. The van der Waals surface area contributed by atoms with Crippen LogP contribution in [0.25, 0.3) is 0 Å². The summed E-state index contributed by atoms with van der Waals surface area (Å²) < 4.78 is 5.94. The highest BCUT2D eigenvalue weighted by molar-refractivity contribution is 7.39. The molecule has 0 fully saturated rings. The molecule has 0 bridgehead atoms. The van der Waals surface area contributed by atoms with Gasteiger partial charge in [-0.05, 0) is 17.5 Å². The van der Waals surface area contributed by atoms with Gasteiger partial charge in [-0.15, -0.1) is 0 Å². The molecule has 0 saturated heterocycles. The average Bonchev–Trinajstić information content (AvgIpc) is 2.87. The lowest BCUT2D eigenvalue weighted by Gasteiger charge is -2.34. The Morgan fingerprint density at radius 1 is 0.556 bits per heavy atom. The molecule has 0 aliphatic rings. The number of benzene rings is 2. The van der Waals surface area contributed by atoms with Gasteiger partial charge in [0.15, 0.2) is 0 Å². The molecule has 0 unspecified atom stereocenters. The van der Waals surface area contributed by atoms with Crippen molar-refractivity contribution in [2.45, 2.75) is 128 Å². The summed E-state index contributed by atoms with van der Waals surface area (Å²) in [7, 11) is -2.42. The molecule has 2 N–H and O–H groups in total. The van der Waals surface area contributed by atoms with Crippen LogP contribution < -0.4 is 0 Å². The van der Waals surface area contributed by atoms with Gasteiger partial charge in [0, 0.05) is 12.8 Å². The molecule has 0 heterocycles. The van der Waals surface area contributed by atoms with Crippen molar-refractivity contribution in [3.05, 3.63) is 71.8 Å². The van der Waals surface area contributed by atoms with Gasteiger partial charge in [0.2, 0.25) is 0 Å². The van der Waals surface area contributed by atoms with Gasteiger partial charge in [-0.3, -0.25) is 0 Å². The SMILES string of the molecule is CCCCCCCCCCCCCCCCCC(Cc1ccccc1)(Cc1ccccc1)OP(O)O. The predicted octanol–water partition coefficient (Wildman–Crippen LogP) is 9.70. The van der Waals surface area contributed by atoms with Gasteiger partial charge in [0.1, 0.15) is 0 Å². The summed E-state index contributed by atoms with van der Waals surface area (Å²) in [4.78, 5) is 19.7. The maximum absolute atomic E-state index is 9.87. The molecule has 4 heteroatoms. The highest BCUT2D eigenvalue weighted by atomic mass is 31.2. The minimum atomic E-state index is -2.42. The highest BCUT2D eigenvalue weighted by Gasteiger charge is 2.34. The summed E-state index contributed by atoms with van der Waals surface area (Å²) in [5.74, 6) is 0. The smallest absolute Gasteiger partial charge is 0.327 e. The first-order chi connectivity index (χ1) is 17.6. The van der Waals surface area contributed by atoms with Gasteiger partial charge in [0.25, 0.3) is 0 Å². The van der Waals surface area contributed by atoms with E-state index in [0.717, 1.165) is 12.8 Å². The number of hydrogen-bond acceptors (Lipinski definition) is 3. The van der Waals surface area contributed by atoms with Gasteiger partial charge in [-0.25, -0.2) is 0 Å². The van der Waals surface area contributed by atoms with E-state index >= 15 is 0 Å². The van der Waals surface area contributed by atoms with E-state index in [9.17, 15) is 9.79 Å². The normalized spacial score (nSPS) is 11.9. The molecular formula is C32H51O3P. The minimum absolute atomic E-state index is 0.603. The fourth-order valence-corrected chi connectivity index (χ4v) is 5.84. The third-order valence-corrected chi connectivity index (χ3v) is 7.80. The number of rotatable bonds is 22. The van der Waals surface area contributed by atoms with E-state index in [1.54, 1.807) is 0 Å². The van der Waals surface area contributed by atoms with Crippen LogP contribution in [-0.4, -0.2) is 15.4 Å². The Hall–Kier alpha value is -1.25. The van der Waals surface area contributed by atoms with Crippen LogP contribution in [0.5, 0.6) is 0 Å². The monoisotopic (exact) mass is 514 g/mol. The Labute approximate surface area is 222 Å². The summed E-state index contributed by atoms with van der Waals surface area (Å²) in [5.41, 5.74) is 1.74. The lowest BCUT2D eigenvalue weighted by atomic mass is 9.83. The zero-order valence-electron chi connectivity index (χ0n) is 22.8. The van der Waals surface area contributed by atoms with Crippen LogP contribution in [-0.2, 0) is 17.4 Å². The molecule has 0 aromatic heterocycles. The Morgan fingerprint density at radius 3 is 1.28 bits per heavy atom. The number of hydrogen-bond donors (Lipinski definition) is 2. The van der Waals surface area contributed by atoms with Crippen molar-refractivity contribution in [1.82, 2.24) is 0 Å². The van der Waals surface area contributed by atoms with E-state index in [0.29, 0.717) is 12.8 Å². The molecule has 202 valence electrons. The Kier molecular flexibility index (Phi) is 17.0. The van der Waals surface area contributed by atoms with E-state index in [4.69, 9.17) is 4.52 Å². The van der Waals surface area contributed by atoms with Crippen molar-refractivity contribution in [2.75, 3.05) is 0 Å². The van der Waals surface area contributed by atoms with Gasteiger partial charge in [-0.1, -0.05) is 164 Å². The van der Waals surface area contributed by atoms with Crippen molar-refractivity contribution >= 4 is 8.60 Å². The van der Waals surface area contributed by atoms with E-state index < -0.39 is 14.2 Å². The Morgan fingerprint density at radius 2 is 0.917 bits per heavy atom. The largest absolute Gasteiger partial charge is 0.328 e. The van der Waals surface area contributed by atoms with Gasteiger partial charge < -0.3 is 14.3 Å². The van der Waals surface area contributed by atoms with Crippen LogP contribution >= 0.6 is 8.60 Å². The van der Waals surface area contributed by atoms with Crippen LogP contribution in [0.15, 0.2) is 60.7 Å². The molecule has 0 aliphatic carbocycles. The lowest BCUT2D eigenvalue weighted by Crippen LogP contribution is -2.36. The van der Waals surface area contributed by atoms with E-state index in [1.165, 1.54) is 101 Å². The molecule has 0 radical (unpaired) electrons. The molecule has 2 rings (SSSR count). The predicted molar refractivity (Wildman–Crippen MR) is 155 cm³/mol. The van der Waals surface area contributed by atoms with Crippen molar-refractivity contribution in [3.8, 4) is 0 Å². The maximum Gasteiger partial charge on any atom is 0.327 e. The van der Waals surface area contributed by atoms with E-state index in [1.807, 2.05) is 36.4 Å². The summed E-state index contributed by atoms with van der Waals surface area (Å²) >= 11 is 0. The fourth-order valence-electron chi connectivity index (χ4n) is 5.28. The molecule has 0 saturated carbocycles. The van der Waals surface area contributed by atoms with Crippen LogP contribution in [0.1, 0.15) is 121 Å². The van der Waals surface area contributed by atoms with Crippen molar-refractivity contribution < 1.29 is 14.3 Å². The zero-order chi connectivity index (χ0) is 25.7. The van der Waals surface area contributed by atoms with Gasteiger partial charge in [-0.2, -0.15) is 0 Å². The molecule has 2 aromatic rings. The quantitative estimate of drug-likeness (QED) is 0.121. The summed E-state index contributed by atoms with van der Waals surface area (Å²) in [5, 5.41) is 0. The first-order valence-corrected chi connectivity index (χ1v) is 15.7. The summed E-state index contributed by atoms with van der Waals surface area (Å²) in [6.07, 6.45) is 22.3. The lowest BCUT2D eigenvalue weighted by molar-refractivity contribution is 0.0433. The minimum Gasteiger partial charge on any atom is -0.328 e. The fraction of sp³-hybridized carbons (Fsp3) is 0.625. The molecule has 0 atom stereocenters. The second-order valence-electron chi connectivity index (χ2n) is 10.6. The topological polar surface area (TPSA) is 49.7 Å². The first-order valence-electron chi connectivity index (χ1n) is 14.6. The molecule has 2 aromatic carbocycles. The third kappa shape index (κ3) is 14.5. The number of unbranched alkanes of at least 4 members (excludes halogenated alkanes) is 14. The molecule has 36 heavy (non-hydrogen) atoms. The first kappa shape index (κ1) is 31.0. The molecule has 0 spiro atoms. The van der Waals surface area contributed by atoms with Gasteiger partial charge >= 0.3 is 8.60 Å². The van der Waals surface area contributed by atoms with Crippen molar-refractivity contribution in [2.24, 2.45) is 0 Å². The molecular weight excluding hydrogens is 463 g/mol.